The summed E-state index contributed by atoms with van der Waals surface area (Å²) in [6.45, 7) is 2.43. The average molecular weight is 235 g/mol. The van der Waals surface area contributed by atoms with E-state index >= 15 is 0 Å². The Balaban J connectivity index is 2.75. The van der Waals surface area contributed by atoms with Crippen LogP contribution < -0.4 is 4.74 Å². The van der Waals surface area contributed by atoms with Gasteiger partial charge in [0.05, 0.1) is 16.7 Å². The number of aryl methyl sites for hydroxylation is 1. The van der Waals surface area contributed by atoms with Gasteiger partial charge in [0.2, 0.25) is 0 Å². The number of benzene rings is 1. The second-order valence-corrected chi connectivity index (χ2v) is 3.80. The van der Waals surface area contributed by atoms with Crippen molar-refractivity contribution in [2.75, 3.05) is 13.2 Å². The van der Waals surface area contributed by atoms with Crippen molar-refractivity contribution in [2.45, 2.75) is 13.3 Å². The highest BCUT2D eigenvalue weighted by molar-refractivity contribution is 6.37. The van der Waals surface area contributed by atoms with Gasteiger partial charge in [-0.2, -0.15) is 0 Å². The lowest BCUT2D eigenvalue weighted by molar-refractivity contribution is 0.233. The van der Waals surface area contributed by atoms with E-state index in [0.717, 1.165) is 5.56 Å². The number of rotatable bonds is 4. The van der Waals surface area contributed by atoms with Crippen LogP contribution in [0.5, 0.6) is 5.75 Å². The van der Waals surface area contributed by atoms with Crippen LogP contribution in [0, 0.1) is 6.92 Å². The van der Waals surface area contributed by atoms with Gasteiger partial charge < -0.3 is 9.84 Å². The van der Waals surface area contributed by atoms with Crippen molar-refractivity contribution >= 4 is 23.2 Å². The summed E-state index contributed by atoms with van der Waals surface area (Å²) in [5, 5.41) is 9.60. The summed E-state index contributed by atoms with van der Waals surface area (Å²) in [4.78, 5) is 0. The maximum atomic E-state index is 8.58. The molecule has 0 bridgehead atoms. The predicted octanol–water partition coefficient (Wildman–Crippen LogP) is 3.06. The Kier molecular flexibility index (Phi) is 4.52. The van der Waals surface area contributed by atoms with Crippen LogP contribution in [0.1, 0.15) is 12.0 Å². The normalized spacial score (nSPS) is 10.3. The van der Waals surface area contributed by atoms with E-state index in [1.54, 1.807) is 12.1 Å². The van der Waals surface area contributed by atoms with Crippen LogP contribution in [-0.2, 0) is 0 Å². The van der Waals surface area contributed by atoms with Gasteiger partial charge in [0.1, 0.15) is 0 Å². The van der Waals surface area contributed by atoms with E-state index in [-0.39, 0.29) is 6.61 Å². The second-order valence-electron chi connectivity index (χ2n) is 2.98. The number of halogens is 2. The quantitative estimate of drug-likeness (QED) is 0.812. The van der Waals surface area contributed by atoms with Gasteiger partial charge in [0.25, 0.3) is 0 Å². The molecule has 0 saturated carbocycles. The van der Waals surface area contributed by atoms with Crippen LogP contribution in [0.4, 0.5) is 0 Å². The fraction of sp³-hybridized carbons (Fsp3) is 0.400. The molecule has 1 rings (SSSR count). The third-order valence-corrected chi connectivity index (χ3v) is 2.25. The zero-order chi connectivity index (χ0) is 10.6. The van der Waals surface area contributed by atoms with Crippen LogP contribution >= 0.6 is 23.2 Å². The first kappa shape index (κ1) is 11.6. The van der Waals surface area contributed by atoms with Gasteiger partial charge in [0, 0.05) is 13.0 Å². The van der Waals surface area contributed by atoms with Gasteiger partial charge in [0.15, 0.2) is 5.75 Å². The standard InChI is InChI=1S/C10H12Cl2O2/c1-7-5-8(11)10(9(12)6-7)14-4-2-3-13/h5-6,13H,2-4H2,1H3. The Hall–Kier alpha value is -0.440. The number of ether oxygens (including phenoxy) is 1. The topological polar surface area (TPSA) is 29.5 Å². The van der Waals surface area contributed by atoms with E-state index in [2.05, 4.69) is 0 Å². The second kappa shape index (κ2) is 5.44. The molecule has 0 aliphatic carbocycles. The first-order chi connectivity index (χ1) is 6.65. The van der Waals surface area contributed by atoms with Gasteiger partial charge in [-0.15, -0.1) is 0 Å². The largest absolute Gasteiger partial charge is 0.490 e. The summed E-state index contributed by atoms with van der Waals surface area (Å²) < 4.78 is 5.34. The third kappa shape index (κ3) is 3.05. The molecule has 0 atom stereocenters. The molecule has 0 amide bonds. The Bertz CT molecular complexity index is 290. The SMILES string of the molecule is Cc1cc(Cl)c(OCCCO)c(Cl)c1. The zero-order valence-corrected chi connectivity index (χ0v) is 9.40. The maximum Gasteiger partial charge on any atom is 0.156 e. The minimum absolute atomic E-state index is 0.0983. The van der Waals surface area contributed by atoms with Gasteiger partial charge >= 0.3 is 0 Å². The lowest BCUT2D eigenvalue weighted by Gasteiger charge is -2.09. The Morgan fingerprint density at radius 2 is 1.86 bits per heavy atom. The summed E-state index contributed by atoms with van der Waals surface area (Å²) in [6, 6.07) is 3.59. The summed E-state index contributed by atoms with van der Waals surface area (Å²) >= 11 is 11.9. The van der Waals surface area contributed by atoms with Crippen LogP contribution in [0.15, 0.2) is 12.1 Å². The lowest BCUT2D eigenvalue weighted by atomic mass is 10.2. The van der Waals surface area contributed by atoms with Crippen LogP contribution in [0.25, 0.3) is 0 Å². The third-order valence-electron chi connectivity index (χ3n) is 1.69. The van der Waals surface area contributed by atoms with E-state index in [1.165, 1.54) is 0 Å². The molecule has 0 unspecified atom stereocenters. The molecule has 4 heteroatoms. The zero-order valence-electron chi connectivity index (χ0n) is 7.89. The van der Waals surface area contributed by atoms with E-state index in [0.29, 0.717) is 28.8 Å². The average Bonchev–Trinajstić information content (AvgIpc) is 2.09. The van der Waals surface area contributed by atoms with Gasteiger partial charge in [-0.25, -0.2) is 0 Å². The van der Waals surface area contributed by atoms with Crippen molar-refractivity contribution in [3.63, 3.8) is 0 Å². The molecule has 0 aliphatic rings. The Morgan fingerprint density at radius 3 is 2.36 bits per heavy atom. The van der Waals surface area contributed by atoms with Crippen molar-refractivity contribution in [2.24, 2.45) is 0 Å². The molecule has 1 N–H and O–H groups in total. The molecule has 1 aromatic carbocycles. The minimum Gasteiger partial charge on any atom is -0.490 e. The molecule has 0 radical (unpaired) electrons. The monoisotopic (exact) mass is 234 g/mol. The van der Waals surface area contributed by atoms with Crippen LogP contribution in [-0.4, -0.2) is 18.3 Å². The summed E-state index contributed by atoms with van der Waals surface area (Å²) in [7, 11) is 0. The number of aliphatic hydroxyl groups is 1. The van der Waals surface area contributed by atoms with Crippen molar-refractivity contribution in [1.82, 2.24) is 0 Å². The van der Waals surface area contributed by atoms with Crippen molar-refractivity contribution in [1.29, 1.82) is 0 Å². The lowest BCUT2D eigenvalue weighted by Crippen LogP contribution is -2.00. The van der Waals surface area contributed by atoms with Crippen molar-refractivity contribution in [3.05, 3.63) is 27.7 Å². The molecule has 0 spiro atoms. The molecule has 0 aliphatic heterocycles. The number of aliphatic hydroxyl groups excluding tert-OH is 1. The molecule has 2 nitrogen and oxygen atoms in total. The highest BCUT2D eigenvalue weighted by atomic mass is 35.5. The summed E-state index contributed by atoms with van der Waals surface area (Å²) in [5.74, 6) is 0.493. The van der Waals surface area contributed by atoms with E-state index in [1.807, 2.05) is 6.92 Å². The molecular weight excluding hydrogens is 223 g/mol. The first-order valence-corrected chi connectivity index (χ1v) is 5.10. The fourth-order valence-corrected chi connectivity index (χ4v) is 1.77. The predicted molar refractivity (Wildman–Crippen MR) is 58.4 cm³/mol. The molecule has 0 saturated heterocycles. The van der Waals surface area contributed by atoms with Gasteiger partial charge in [-0.3, -0.25) is 0 Å². The van der Waals surface area contributed by atoms with Crippen LogP contribution in [0.3, 0.4) is 0 Å². The Labute approximate surface area is 93.4 Å². The van der Waals surface area contributed by atoms with Crippen molar-refractivity contribution in [3.8, 4) is 5.75 Å². The summed E-state index contributed by atoms with van der Waals surface area (Å²) in [6.07, 6.45) is 0.570. The smallest absolute Gasteiger partial charge is 0.156 e. The van der Waals surface area contributed by atoms with E-state index in [9.17, 15) is 0 Å². The molecule has 0 aromatic heterocycles. The Morgan fingerprint density at radius 1 is 1.29 bits per heavy atom. The number of hydrogen-bond donors (Lipinski definition) is 1. The molecule has 14 heavy (non-hydrogen) atoms. The summed E-state index contributed by atoms with van der Waals surface area (Å²) in [5.41, 5.74) is 0.995. The van der Waals surface area contributed by atoms with E-state index < -0.39 is 0 Å². The molecule has 0 heterocycles. The van der Waals surface area contributed by atoms with Gasteiger partial charge in [-0.05, 0) is 24.6 Å². The molecular formula is C10H12Cl2O2. The molecule has 1 aromatic rings. The van der Waals surface area contributed by atoms with Crippen molar-refractivity contribution < 1.29 is 9.84 Å². The molecule has 78 valence electrons. The molecule has 0 fully saturated rings. The van der Waals surface area contributed by atoms with Crippen LogP contribution in [0.2, 0.25) is 10.0 Å². The van der Waals surface area contributed by atoms with Gasteiger partial charge in [-0.1, -0.05) is 23.2 Å². The fourth-order valence-electron chi connectivity index (χ4n) is 1.06. The highest BCUT2D eigenvalue weighted by Gasteiger charge is 2.07. The number of hydrogen-bond acceptors (Lipinski definition) is 2. The highest BCUT2D eigenvalue weighted by Crippen LogP contribution is 2.33. The minimum atomic E-state index is 0.0983. The van der Waals surface area contributed by atoms with E-state index in [4.69, 9.17) is 33.0 Å². The first-order valence-electron chi connectivity index (χ1n) is 4.34. The maximum absolute atomic E-state index is 8.58.